The van der Waals surface area contributed by atoms with Crippen LogP contribution in [0.1, 0.15) is 22.5 Å². The zero-order valence-corrected chi connectivity index (χ0v) is 10.8. The van der Waals surface area contributed by atoms with Gasteiger partial charge in [-0.25, -0.2) is 9.67 Å². The van der Waals surface area contributed by atoms with Crippen LogP contribution in [0.4, 0.5) is 0 Å². The van der Waals surface area contributed by atoms with Crippen LogP contribution in [0, 0.1) is 20.8 Å². The highest BCUT2D eigenvalue weighted by molar-refractivity contribution is 6.31. The van der Waals surface area contributed by atoms with E-state index in [1.54, 1.807) is 10.9 Å². The van der Waals surface area contributed by atoms with Gasteiger partial charge in [0.1, 0.15) is 0 Å². The van der Waals surface area contributed by atoms with E-state index in [0.29, 0.717) is 5.02 Å². The number of aryl methyl sites for hydroxylation is 2. The van der Waals surface area contributed by atoms with Crippen molar-refractivity contribution in [1.82, 2.24) is 14.8 Å². The molecule has 0 bridgehead atoms. The topological polar surface area (TPSA) is 50.9 Å². The van der Waals surface area contributed by atoms with Gasteiger partial charge in [-0.05, 0) is 38.0 Å². The Morgan fingerprint density at radius 2 is 2.06 bits per heavy atom. The first-order chi connectivity index (χ1) is 8.04. The fourth-order valence-electron chi connectivity index (χ4n) is 1.76. The maximum Gasteiger partial charge on any atom is 0.156 e. The van der Waals surface area contributed by atoms with E-state index in [1.165, 1.54) is 0 Å². The molecule has 2 aromatic rings. The van der Waals surface area contributed by atoms with Gasteiger partial charge in [0.05, 0.1) is 23.0 Å². The van der Waals surface area contributed by atoms with Crippen LogP contribution in [0.3, 0.4) is 0 Å². The largest absolute Gasteiger partial charge is 0.392 e. The number of aliphatic hydroxyl groups is 1. The molecule has 0 atom stereocenters. The van der Waals surface area contributed by atoms with Gasteiger partial charge >= 0.3 is 0 Å². The Hall–Kier alpha value is -1.39. The molecule has 0 aromatic carbocycles. The molecule has 17 heavy (non-hydrogen) atoms. The first kappa shape index (κ1) is 12.1. The minimum absolute atomic E-state index is 0.00794. The van der Waals surface area contributed by atoms with Gasteiger partial charge in [-0.1, -0.05) is 11.6 Å². The number of rotatable bonds is 2. The highest BCUT2D eigenvalue weighted by Crippen LogP contribution is 2.23. The molecule has 0 spiro atoms. The summed E-state index contributed by atoms with van der Waals surface area (Å²) < 4.78 is 1.73. The summed E-state index contributed by atoms with van der Waals surface area (Å²) in [6.45, 7) is 5.70. The lowest BCUT2D eigenvalue weighted by Gasteiger charge is -2.08. The summed E-state index contributed by atoms with van der Waals surface area (Å²) in [4.78, 5) is 4.32. The predicted molar refractivity (Wildman–Crippen MR) is 66.5 cm³/mol. The molecular formula is C12H14ClN3O. The van der Waals surface area contributed by atoms with Gasteiger partial charge in [0, 0.05) is 6.20 Å². The van der Waals surface area contributed by atoms with Crippen molar-refractivity contribution in [2.24, 2.45) is 0 Å². The van der Waals surface area contributed by atoms with Crippen molar-refractivity contribution in [3.05, 3.63) is 39.8 Å². The molecule has 2 rings (SSSR count). The standard InChI is InChI=1S/C12H14ClN3O/c1-7-4-10(6-17)5-14-12(7)16-9(3)11(13)8(2)15-16/h4-5,17H,6H2,1-3H3. The molecule has 0 unspecified atom stereocenters. The van der Waals surface area contributed by atoms with Crippen LogP contribution >= 0.6 is 11.6 Å². The average Bonchev–Trinajstić information content (AvgIpc) is 2.57. The molecule has 5 heteroatoms. The number of hydrogen-bond donors (Lipinski definition) is 1. The summed E-state index contributed by atoms with van der Waals surface area (Å²) >= 11 is 6.11. The summed E-state index contributed by atoms with van der Waals surface area (Å²) in [5, 5.41) is 14.1. The Kier molecular flexibility index (Phi) is 3.17. The molecule has 0 saturated heterocycles. The second kappa shape index (κ2) is 4.47. The second-order valence-electron chi connectivity index (χ2n) is 4.04. The van der Waals surface area contributed by atoms with Crippen molar-refractivity contribution < 1.29 is 5.11 Å². The fraction of sp³-hybridized carbons (Fsp3) is 0.333. The van der Waals surface area contributed by atoms with E-state index in [1.807, 2.05) is 26.8 Å². The molecule has 1 N–H and O–H groups in total. The minimum Gasteiger partial charge on any atom is -0.392 e. The second-order valence-corrected chi connectivity index (χ2v) is 4.42. The van der Waals surface area contributed by atoms with Gasteiger partial charge in [0.2, 0.25) is 0 Å². The number of nitrogens with zero attached hydrogens (tertiary/aromatic N) is 3. The third-order valence-corrected chi connectivity index (χ3v) is 3.24. The van der Waals surface area contributed by atoms with Crippen molar-refractivity contribution >= 4 is 11.6 Å². The molecular weight excluding hydrogens is 238 g/mol. The van der Waals surface area contributed by atoms with E-state index in [-0.39, 0.29) is 6.61 Å². The number of hydrogen-bond acceptors (Lipinski definition) is 3. The Morgan fingerprint density at radius 1 is 1.35 bits per heavy atom. The smallest absolute Gasteiger partial charge is 0.156 e. The third-order valence-electron chi connectivity index (χ3n) is 2.69. The highest BCUT2D eigenvalue weighted by Gasteiger charge is 2.13. The summed E-state index contributed by atoms with van der Waals surface area (Å²) in [6.07, 6.45) is 1.65. The lowest BCUT2D eigenvalue weighted by molar-refractivity contribution is 0.281. The molecule has 0 aliphatic carbocycles. The molecule has 0 fully saturated rings. The normalized spacial score (nSPS) is 10.9. The van der Waals surface area contributed by atoms with Crippen LogP contribution in [0.5, 0.6) is 0 Å². The molecule has 0 saturated carbocycles. The molecule has 0 aliphatic heterocycles. The van der Waals surface area contributed by atoms with Crippen molar-refractivity contribution in [3.63, 3.8) is 0 Å². The van der Waals surface area contributed by atoms with Crippen LogP contribution in [-0.4, -0.2) is 19.9 Å². The van der Waals surface area contributed by atoms with E-state index < -0.39 is 0 Å². The van der Waals surface area contributed by atoms with E-state index in [9.17, 15) is 0 Å². The summed E-state index contributed by atoms with van der Waals surface area (Å²) in [7, 11) is 0. The Bertz CT molecular complexity index is 563. The summed E-state index contributed by atoms with van der Waals surface area (Å²) in [5.41, 5.74) is 3.41. The van der Waals surface area contributed by atoms with Gasteiger partial charge < -0.3 is 5.11 Å². The first-order valence-corrected chi connectivity index (χ1v) is 5.71. The van der Waals surface area contributed by atoms with Gasteiger partial charge in [-0.2, -0.15) is 5.10 Å². The maximum atomic E-state index is 9.04. The van der Waals surface area contributed by atoms with Gasteiger partial charge in [0.25, 0.3) is 0 Å². The molecule has 0 radical (unpaired) electrons. The Morgan fingerprint density at radius 3 is 2.53 bits per heavy atom. The van der Waals surface area contributed by atoms with Crippen molar-refractivity contribution in [1.29, 1.82) is 0 Å². The molecule has 2 heterocycles. The Labute approximate surface area is 105 Å². The molecule has 2 aromatic heterocycles. The van der Waals surface area contributed by atoms with Crippen molar-refractivity contribution in [3.8, 4) is 5.82 Å². The summed E-state index contributed by atoms with van der Waals surface area (Å²) in [6, 6.07) is 1.90. The summed E-state index contributed by atoms with van der Waals surface area (Å²) in [5.74, 6) is 0.745. The zero-order chi connectivity index (χ0) is 12.6. The van der Waals surface area contributed by atoms with Gasteiger partial charge in [-0.15, -0.1) is 0 Å². The SMILES string of the molecule is Cc1cc(CO)cnc1-n1nc(C)c(Cl)c1C. The lowest BCUT2D eigenvalue weighted by atomic mass is 10.2. The Balaban J connectivity index is 2.57. The van der Waals surface area contributed by atoms with Crippen LogP contribution in [-0.2, 0) is 6.61 Å². The fourth-order valence-corrected chi connectivity index (χ4v) is 1.88. The van der Waals surface area contributed by atoms with Crippen LogP contribution in [0.2, 0.25) is 5.02 Å². The number of aromatic nitrogens is 3. The average molecular weight is 252 g/mol. The van der Waals surface area contributed by atoms with Crippen molar-refractivity contribution in [2.45, 2.75) is 27.4 Å². The monoisotopic (exact) mass is 251 g/mol. The molecule has 0 amide bonds. The molecule has 0 aliphatic rings. The van der Waals surface area contributed by atoms with Crippen LogP contribution in [0.25, 0.3) is 5.82 Å². The predicted octanol–water partition coefficient (Wildman–Crippen LogP) is 2.34. The first-order valence-electron chi connectivity index (χ1n) is 5.33. The van der Waals surface area contributed by atoms with Crippen LogP contribution in [0.15, 0.2) is 12.3 Å². The molecule has 4 nitrogen and oxygen atoms in total. The van der Waals surface area contributed by atoms with E-state index in [4.69, 9.17) is 16.7 Å². The number of pyridine rings is 1. The van der Waals surface area contributed by atoms with E-state index >= 15 is 0 Å². The van der Waals surface area contributed by atoms with Crippen molar-refractivity contribution in [2.75, 3.05) is 0 Å². The molecule has 90 valence electrons. The third kappa shape index (κ3) is 2.06. The van der Waals surface area contributed by atoms with Gasteiger partial charge in [-0.3, -0.25) is 0 Å². The maximum absolute atomic E-state index is 9.04. The number of aliphatic hydroxyl groups excluding tert-OH is 1. The van der Waals surface area contributed by atoms with Crippen LogP contribution < -0.4 is 0 Å². The van der Waals surface area contributed by atoms with E-state index in [0.717, 1.165) is 28.3 Å². The minimum atomic E-state index is -0.00794. The van der Waals surface area contributed by atoms with Gasteiger partial charge in [0.15, 0.2) is 5.82 Å². The zero-order valence-electron chi connectivity index (χ0n) is 10.0. The highest BCUT2D eigenvalue weighted by atomic mass is 35.5. The lowest BCUT2D eigenvalue weighted by Crippen LogP contribution is -2.05. The van der Waals surface area contributed by atoms with E-state index in [2.05, 4.69) is 10.1 Å². The quantitative estimate of drug-likeness (QED) is 0.891. The number of halogens is 1.